The zero-order valence-electron chi connectivity index (χ0n) is 21.6. The number of rotatable bonds is 21. The van der Waals surface area contributed by atoms with Crippen LogP contribution in [-0.4, -0.2) is 48.6 Å². The van der Waals surface area contributed by atoms with E-state index in [-0.39, 0.29) is 37.9 Å². The van der Waals surface area contributed by atoms with Gasteiger partial charge in [0.1, 0.15) is 5.78 Å². The predicted octanol–water partition coefficient (Wildman–Crippen LogP) is 5.59. The first kappa shape index (κ1) is 30.5. The van der Waals surface area contributed by atoms with Gasteiger partial charge in [-0.25, -0.2) is 4.79 Å². The highest BCUT2D eigenvalue weighted by molar-refractivity contribution is 6.02. The normalized spacial score (nSPS) is 19.7. The summed E-state index contributed by atoms with van der Waals surface area (Å²) in [6.07, 6.45) is 14.6. The van der Waals surface area contributed by atoms with Gasteiger partial charge >= 0.3 is 5.97 Å². The molecular weight excluding hydrogens is 432 g/mol. The number of unbranched alkanes of at least 4 members (excludes halogenated alkanes) is 4. The average molecular weight is 481 g/mol. The molecule has 0 bridgehead atoms. The van der Waals surface area contributed by atoms with E-state index in [1.165, 1.54) is 38.5 Å². The zero-order valence-corrected chi connectivity index (χ0v) is 21.6. The Kier molecular flexibility index (Phi) is 16.8. The van der Waals surface area contributed by atoms with Crippen LogP contribution in [0.3, 0.4) is 0 Å². The second-order valence-electron chi connectivity index (χ2n) is 9.77. The molecule has 0 aliphatic heterocycles. The molecule has 1 N–H and O–H groups in total. The average Bonchev–Trinajstić information content (AvgIpc) is 3.16. The molecule has 1 rings (SSSR count). The lowest BCUT2D eigenvalue weighted by atomic mass is 9.85. The minimum atomic E-state index is -1.27. The molecule has 6 heteroatoms. The van der Waals surface area contributed by atoms with Crippen LogP contribution in [0.5, 0.6) is 0 Å². The standard InChI is InChI=1S/C28H48O6/c1-4-6-7-8-13-22(3)14-9-10-15-23-18-19-25(30)24(23)16-11-12-17-26(31)27(34-21-20-29)28(32)33-5-2/h4,22-24,27,29H,1,5-21H2,2-3H3/t22?,23-,24+,27?/m0/s1. The van der Waals surface area contributed by atoms with Crippen molar-refractivity contribution in [2.45, 2.75) is 110 Å². The first-order chi connectivity index (χ1) is 16.4. The van der Waals surface area contributed by atoms with Gasteiger partial charge in [-0.3, -0.25) is 9.59 Å². The van der Waals surface area contributed by atoms with Crippen LogP contribution in [0, 0.1) is 17.8 Å². The van der Waals surface area contributed by atoms with E-state index in [4.69, 9.17) is 14.6 Å². The predicted molar refractivity (Wildman–Crippen MR) is 134 cm³/mol. The van der Waals surface area contributed by atoms with Crippen LogP contribution in [0.1, 0.15) is 104 Å². The van der Waals surface area contributed by atoms with Gasteiger partial charge in [0.2, 0.25) is 6.10 Å². The summed E-state index contributed by atoms with van der Waals surface area (Å²) in [6.45, 7) is 7.63. The number of aliphatic hydroxyl groups excluding tert-OH is 1. The Hall–Kier alpha value is -1.53. The van der Waals surface area contributed by atoms with Gasteiger partial charge in [-0.1, -0.05) is 51.5 Å². The van der Waals surface area contributed by atoms with Crippen LogP contribution in [0.25, 0.3) is 0 Å². The largest absolute Gasteiger partial charge is 0.464 e. The quantitative estimate of drug-likeness (QED) is 0.0996. The van der Waals surface area contributed by atoms with E-state index in [1.54, 1.807) is 6.92 Å². The van der Waals surface area contributed by atoms with Gasteiger partial charge in [0, 0.05) is 18.8 Å². The summed E-state index contributed by atoms with van der Waals surface area (Å²) in [5, 5.41) is 8.93. The fraction of sp³-hybridized carbons (Fsp3) is 0.821. The van der Waals surface area contributed by atoms with E-state index in [0.29, 0.717) is 24.5 Å². The minimum absolute atomic E-state index is 0.0818. The van der Waals surface area contributed by atoms with Gasteiger partial charge in [0.25, 0.3) is 0 Å². The number of hydrogen-bond donors (Lipinski definition) is 1. The maximum absolute atomic E-state index is 12.4. The number of carbonyl (C=O) groups is 3. The SMILES string of the molecule is C=CCCCCC(C)CCCC[C@H]1CCC(=O)[C@@H]1CCCCC(=O)C(OCCO)C(=O)OCC. The molecule has 196 valence electrons. The van der Waals surface area contributed by atoms with E-state index in [0.717, 1.165) is 38.0 Å². The molecule has 0 aromatic rings. The number of hydrogen-bond acceptors (Lipinski definition) is 6. The van der Waals surface area contributed by atoms with E-state index in [2.05, 4.69) is 13.5 Å². The van der Waals surface area contributed by atoms with Gasteiger partial charge in [0.15, 0.2) is 5.78 Å². The van der Waals surface area contributed by atoms with E-state index in [1.807, 2.05) is 6.08 Å². The third kappa shape index (κ3) is 12.3. The number of carbonyl (C=O) groups excluding carboxylic acids is 3. The Balaban J connectivity index is 2.31. The third-order valence-corrected chi connectivity index (χ3v) is 6.98. The lowest BCUT2D eigenvalue weighted by Gasteiger charge is -2.19. The van der Waals surface area contributed by atoms with Crippen LogP contribution in [-0.2, 0) is 23.9 Å². The van der Waals surface area contributed by atoms with Crippen molar-refractivity contribution >= 4 is 17.5 Å². The molecule has 0 heterocycles. The molecule has 1 fully saturated rings. The van der Waals surface area contributed by atoms with E-state index in [9.17, 15) is 14.4 Å². The summed E-state index contributed by atoms with van der Waals surface area (Å²) < 4.78 is 10.1. The molecule has 0 saturated heterocycles. The molecule has 1 saturated carbocycles. The molecule has 0 radical (unpaired) electrons. The Bertz CT molecular complexity index is 602. The van der Waals surface area contributed by atoms with Crippen molar-refractivity contribution in [1.29, 1.82) is 0 Å². The number of ether oxygens (including phenoxy) is 2. The molecular formula is C28H48O6. The fourth-order valence-corrected chi connectivity index (χ4v) is 5.02. The molecule has 0 aromatic heterocycles. The molecule has 6 nitrogen and oxygen atoms in total. The number of aliphatic hydroxyl groups is 1. The Morgan fingerprint density at radius 1 is 1.12 bits per heavy atom. The number of Topliss-reactive ketones (excluding diaryl/α,β-unsaturated/α-hetero) is 2. The Morgan fingerprint density at radius 3 is 2.50 bits per heavy atom. The summed E-state index contributed by atoms with van der Waals surface area (Å²) >= 11 is 0. The molecule has 1 aliphatic carbocycles. The monoisotopic (exact) mass is 480 g/mol. The fourth-order valence-electron chi connectivity index (χ4n) is 5.02. The lowest BCUT2D eigenvalue weighted by molar-refractivity contribution is -0.162. The molecule has 4 atom stereocenters. The van der Waals surface area contributed by atoms with Gasteiger partial charge in [0.05, 0.1) is 19.8 Å². The van der Waals surface area contributed by atoms with Crippen molar-refractivity contribution in [3.63, 3.8) is 0 Å². The van der Waals surface area contributed by atoms with Crippen LogP contribution in [0.2, 0.25) is 0 Å². The highest BCUT2D eigenvalue weighted by Gasteiger charge is 2.34. The number of allylic oxidation sites excluding steroid dienone is 1. The zero-order chi connectivity index (χ0) is 25.2. The van der Waals surface area contributed by atoms with Gasteiger partial charge < -0.3 is 14.6 Å². The van der Waals surface area contributed by atoms with Crippen LogP contribution in [0.15, 0.2) is 12.7 Å². The van der Waals surface area contributed by atoms with E-state index >= 15 is 0 Å². The van der Waals surface area contributed by atoms with Crippen molar-refractivity contribution < 1.29 is 29.0 Å². The van der Waals surface area contributed by atoms with Crippen molar-refractivity contribution in [3.05, 3.63) is 12.7 Å². The summed E-state index contributed by atoms with van der Waals surface area (Å²) in [7, 11) is 0. The summed E-state index contributed by atoms with van der Waals surface area (Å²) in [6, 6.07) is 0. The van der Waals surface area contributed by atoms with Crippen LogP contribution >= 0.6 is 0 Å². The topological polar surface area (TPSA) is 89.9 Å². The minimum Gasteiger partial charge on any atom is -0.464 e. The highest BCUT2D eigenvalue weighted by Crippen LogP contribution is 2.36. The van der Waals surface area contributed by atoms with Crippen LogP contribution < -0.4 is 0 Å². The van der Waals surface area contributed by atoms with Crippen molar-refractivity contribution in [2.24, 2.45) is 17.8 Å². The number of ketones is 2. The molecule has 2 unspecified atom stereocenters. The highest BCUT2D eigenvalue weighted by atomic mass is 16.6. The smallest absolute Gasteiger partial charge is 0.343 e. The first-order valence-electron chi connectivity index (χ1n) is 13.5. The number of esters is 1. The summed E-state index contributed by atoms with van der Waals surface area (Å²) in [5.41, 5.74) is 0. The third-order valence-electron chi connectivity index (χ3n) is 6.98. The molecule has 0 aromatic carbocycles. The summed E-state index contributed by atoms with van der Waals surface area (Å²) in [5.74, 6) is 0.729. The van der Waals surface area contributed by atoms with Crippen molar-refractivity contribution in [2.75, 3.05) is 19.8 Å². The summed E-state index contributed by atoms with van der Waals surface area (Å²) in [4.78, 5) is 36.8. The van der Waals surface area contributed by atoms with E-state index < -0.39 is 12.1 Å². The van der Waals surface area contributed by atoms with Gasteiger partial charge in [-0.15, -0.1) is 6.58 Å². The van der Waals surface area contributed by atoms with Crippen molar-refractivity contribution in [3.8, 4) is 0 Å². The maximum Gasteiger partial charge on any atom is 0.343 e. The molecule has 34 heavy (non-hydrogen) atoms. The van der Waals surface area contributed by atoms with Crippen molar-refractivity contribution in [1.82, 2.24) is 0 Å². The Labute approximate surface area is 206 Å². The van der Waals surface area contributed by atoms with Gasteiger partial charge in [-0.2, -0.15) is 0 Å². The van der Waals surface area contributed by atoms with Crippen LogP contribution in [0.4, 0.5) is 0 Å². The first-order valence-corrected chi connectivity index (χ1v) is 13.5. The molecule has 1 aliphatic rings. The van der Waals surface area contributed by atoms with Gasteiger partial charge in [-0.05, 0) is 57.3 Å². The molecule has 0 spiro atoms. The second-order valence-corrected chi connectivity index (χ2v) is 9.77. The lowest BCUT2D eigenvalue weighted by Crippen LogP contribution is -2.35. The maximum atomic E-state index is 12.4. The molecule has 0 amide bonds. The Morgan fingerprint density at radius 2 is 1.82 bits per heavy atom. The second kappa shape index (κ2) is 18.8.